The van der Waals surface area contributed by atoms with Crippen LogP contribution in [0, 0.1) is 5.92 Å². The molecule has 112 valence electrons. The van der Waals surface area contributed by atoms with Crippen molar-refractivity contribution in [3.8, 4) is 5.88 Å². The molecule has 0 saturated carbocycles. The fourth-order valence-electron chi connectivity index (χ4n) is 2.87. The first-order valence-electron chi connectivity index (χ1n) is 7.74. The minimum atomic E-state index is 0.709. The molecule has 0 atom stereocenters. The largest absolute Gasteiger partial charge is 0.481 e. The van der Waals surface area contributed by atoms with Gasteiger partial charge in [0.25, 0.3) is 0 Å². The normalized spacial score (nSPS) is 16.6. The first-order valence-corrected chi connectivity index (χ1v) is 7.74. The molecule has 1 aliphatic heterocycles. The van der Waals surface area contributed by atoms with Crippen LogP contribution in [0.3, 0.4) is 0 Å². The monoisotopic (exact) mass is 277 g/mol. The molecule has 1 aliphatic rings. The van der Waals surface area contributed by atoms with Crippen molar-refractivity contribution in [3.05, 3.63) is 23.9 Å². The van der Waals surface area contributed by atoms with E-state index in [0.717, 1.165) is 24.7 Å². The van der Waals surface area contributed by atoms with Crippen molar-refractivity contribution >= 4 is 0 Å². The number of nitrogens with zero attached hydrogens (tertiary/aromatic N) is 2. The van der Waals surface area contributed by atoms with Crippen molar-refractivity contribution in [1.82, 2.24) is 15.2 Å². The molecule has 4 heteroatoms. The van der Waals surface area contributed by atoms with Gasteiger partial charge >= 0.3 is 0 Å². The lowest BCUT2D eigenvalue weighted by Gasteiger charge is -2.29. The van der Waals surface area contributed by atoms with E-state index in [2.05, 4.69) is 28.2 Å². The number of pyridine rings is 1. The number of nitrogens with one attached hydrogen (secondary N) is 1. The van der Waals surface area contributed by atoms with Gasteiger partial charge in [-0.2, -0.15) is 0 Å². The molecule has 1 aromatic rings. The molecule has 1 N–H and O–H groups in total. The molecule has 0 aliphatic carbocycles. The molecule has 2 heterocycles. The minimum Gasteiger partial charge on any atom is -0.481 e. The molecule has 0 aromatic carbocycles. The molecule has 1 fully saturated rings. The fourth-order valence-corrected chi connectivity index (χ4v) is 2.87. The maximum atomic E-state index is 5.21. The predicted molar refractivity (Wildman–Crippen MR) is 82.0 cm³/mol. The molecule has 0 radical (unpaired) electrons. The third kappa shape index (κ3) is 4.76. The Morgan fingerprint density at radius 1 is 1.35 bits per heavy atom. The van der Waals surface area contributed by atoms with E-state index in [0.29, 0.717) is 5.88 Å². The number of aromatic nitrogens is 1. The summed E-state index contributed by atoms with van der Waals surface area (Å²) in [6.07, 6.45) is 3.78. The van der Waals surface area contributed by atoms with E-state index < -0.39 is 0 Å². The molecule has 0 unspecified atom stereocenters. The lowest BCUT2D eigenvalue weighted by molar-refractivity contribution is 0.196. The van der Waals surface area contributed by atoms with Crippen molar-refractivity contribution in [3.63, 3.8) is 0 Å². The molecule has 0 amide bonds. The lowest BCUT2D eigenvalue weighted by atomic mass is 9.97. The Balaban J connectivity index is 1.93. The highest BCUT2D eigenvalue weighted by Gasteiger charge is 2.17. The summed E-state index contributed by atoms with van der Waals surface area (Å²) < 4.78 is 5.21. The van der Waals surface area contributed by atoms with Crippen LogP contribution in [-0.2, 0) is 6.54 Å². The van der Waals surface area contributed by atoms with Gasteiger partial charge in [0.2, 0.25) is 5.88 Å². The van der Waals surface area contributed by atoms with Crippen LogP contribution in [0.4, 0.5) is 0 Å². The molecule has 0 spiro atoms. The number of methoxy groups -OCH3 is 1. The average Bonchev–Trinajstić information content (AvgIpc) is 2.49. The molecule has 0 bridgehead atoms. The van der Waals surface area contributed by atoms with Gasteiger partial charge in [0.1, 0.15) is 0 Å². The van der Waals surface area contributed by atoms with E-state index >= 15 is 0 Å². The van der Waals surface area contributed by atoms with Gasteiger partial charge in [-0.25, -0.2) is 4.98 Å². The Kier molecular flexibility index (Phi) is 6.27. The van der Waals surface area contributed by atoms with Crippen LogP contribution in [0.25, 0.3) is 0 Å². The Morgan fingerprint density at radius 2 is 2.15 bits per heavy atom. The number of ether oxygens (including phenoxy) is 1. The van der Waals surface area contributed by atoms with Crippen molar-refractivity contribution in [2.24, 2.45) is 5.92 Å². The highest BCUT2D eigenvalue weighted by molar-refractivity contribution is 5.15. The molecule has 2 rings (SSSR count). The molecular weight excluding hydrogens is 250 g/mol. The van der Waals surface area contributed by atoms with E-state index in [-0.39, 0.29) is 0 Å². The highest BCUT2D eigenvalue weighted by Crippen LogP contribution is 2.16. The van der Waals surface area contributed by atoms with Gasteiger partial charge in [0.15, 0.2) is 0 Å². The molecule has 1 saturated heterocycles. The molecule has 1 aromatic heterocycles. The van der Waals surface area contributed by atoms with Gasteiger partial charge in [-0.15, -0.1) is 0 Å². The van der Waals surface area contributed by atoms with E-state index in [4.69, 9.17) is 4.74 Å². The molecular formula is C16H27N3O. The smallest absolute Gasteiger partial charge is 0.213 e. The summed E-state index contributed by atoms with van der Waals surface area (Å²) in [4.78, 5) is 7.07. The van der Waals surface area contributed by atoms with Crippen molar-refractivity contribution < 1.29 is 4.74 Å². The van der Waals surface area contributed by atoms with Gasteiger partial charge < -0.3 is 10.1 Å². The second-order valence-corrected chi connectivity index (χ2v) is 5.60. The van der Waals surface area contributed by atoms with Crippen molar-refractivity contribution in [1.29, 1.82) is 0 Å². The Labute approximate surface area is 122 Å². The van der Waals surface area contributed by atoms with Crippen LogP contribution in [0.1, 0.15) is 31.9 Å². The zero-order valence-electron chi connectivity index (χ0n) is 12.8. The Hall–Kier alpha value is -1.13. The zero-order chi connectivity index (χ0) is 14.2. The van der Waals surface area contributed by atoms with Crippen molar-refractivity contribution in [2.45, 2.75) is 32.7 Å². The maximum Gasteiger partial charge on any atom is 0.213 e. The van der Waals surface area contributed by atoms with Crippen LogP contribution in [0.2, 0.25) is 0 Å². The lowest BCUT2D eigenvalue weighted by Crippen LogP contribution is -2.36. The number of piperidine rings is 1. The second kappa shape index (κ2) is 8.22. The van der Waals surface area contributed by atoms with E-state index in [1.807, 2.05) is 12.1 Å². The predicted octanol–water partition coefficient (Wildman–Crippen LogP) is 2.30. The quantitative estimate of drug-likeness (QED) is 0.830. The number of hydrogen-bond acceptors (Lipinski definition) is 4. The summed E-state index contributed by atoms with van der Waals surface area (Å²) in [6, 6.07) is 6.02. The Bertz CT molecular complexity index is 391. The van der Waals surface area contributed by atoms with Crippen LogP contribution in [-0.4, -0.2) is 43.2 Å². The first kappa shape index (κ1) is 15.3. The maximum absolute atomic E-state index is 5.21. The minimum absolute atomic E-state index is 0.709. The SMILES string of the molecule is CCCN(Cc1cccc(OC)n1)CC1CCNCC1. The number of rotatable bonds is 7. The summed E-state index contributed by atoms with van der Waals surface area (Å²) in [5.74, 6) is 1.54. The first-order chi connectivity index (χ1) is 9.81. The van der Waals surface area contributed by atoms with Crippen LogP contribution in [0.15, 0.2) is 18.2 Å². The molecule has 20 heavy (non-hydrogen) atoms. The third-order valence-corrected chi connectivity index (χ3v) is 3.89. The van der Waals surface area contributed by atoms with Gasteiger partial charge in [0.05, 0.1) is 12.8 Å². The zero-order valence-corrected chi connectivity index (χ0v) is 12.8. The van der Waals surface area contributed by atoms with Crippen LogP contribution in [0.5, 0.6) is 5.88 Å². The summed E-state index contributed by atoms with van der Waals surface area (Å²) >= 11 is 0. The van der Waals surface area contributed by atoms with Crippen LogP contribution < -0.4 is 10.1 Å². The summed E-state index contributed by atoms with van der Waals surface area (Å²) in [6.45, 7) is 7.84. The fraction of sp³-hybridized carbons (Fsp3) is 0.688. The van der Waals surface area contributed by atoms with E-state index in [1.54, 1.807) is 7.11 Å². The highest BCUT2D eigenvalue weighted by atomic mass is 16.5. The average molecular weight is 277 g/mol. The van der Waals surface area contributed by atoms with Gasteiger partial charge in [0, 0.05) is 19.2 Å². The third-order valence-electron chi connectivity index (χ3n) is 3.89. The van der Waals surface area contributed by atoms with E-state index in [9.17, 15) is 0 Å². The second-order valence-electron chi connectivity index (χ2n) is 5.60. The van der Waals surface area contributed by atoms with Gasteiger partial charge in [-0.1, -0.05) is 13.0 Å². The Morgan fingerprint density at radius 3 is 2.85 bits per heavy atom. The summed E-state index contributed by atoms with van der Waals surface area (Å²) in [7, 11) is 1.67. The van der Waals surface area contributed by atoms with Gasteiger partial charge in [-0.05, 0) is 50.9 Å². The van der Waals surface area contributed by atoms with Crippen molar-refractivity contribution in [2.75, 3.05) is 33.3 Å². The molecule has 4 nitrogen and oxygen atoms in total. The van der Waals surface area contributed by atoms with Crippen LogP contribution >= 0.6 is 0 Å². The standard InChI is InChI=1S/C16H27N3O/c1-3-11-19(12-14-7-9-17-10-8-14)13-15-5-4-6-16(18-15)20-2/h4-6,14,17H,3,7-13H2,1-2H3. The van der Waals surface area contributed by atoms with E-state index in [1.165, 1.54) is 38.9 Å². The summed E-state index contributed by atoms with van der Waals surface area (Å²) in [5, 5.41) is 3.44. The topological polar surface area (TPSA) is 37.4 Å². The summed E-state index contributed by atoms with van der Waals surface area (Å²) in [5.41, 5.74) is 1.10. The number of hydrogen-bond donors (Lipinski definition) is 1. The van der Waals surface area contributed by atoms with Gasteiger partial charge in [-0.3, -0.25) is 4.90 Å².